The number of methoxy groups -OCH3 is 1. The standard InChI is InChI=1S/C22H34ClN3O3/c1-24-22(25-11-8-17-6-7-19(27-2)15-21(17)23)26-12-9-18(10-13-26)29-16-20-5-3-4-14-28-20/h6-7,15,18,20H,3-5,8-14,16H2,1-2H3,(H,24,25). The summed E-state index contributed by atoms with van der Waals surface area (Å²) in [6.45, 7) is 4.32. The fraction of sp³-hybridized carbons (Fsp3) is 0.682. The smallest absolute Gasteiger partial charge is 0.193 e. The molecule has 6 nitrogen and oxygen atoms in total. The highest BCUT2D eigenvalue weighted by molar-refractivity contribution is 6.31. The molecule has 3 rings (SSSR count). The molecule has 0 bridgehead atoms. The number of benzene rings is 1. The molecule has 1 N–H and O–H groups in total. The third-order valence-corrected chi connectivity index (χ3v) is 6.03. The van der Waals surface area contributed by atoms with E-state index >= 15 is 0 Å². The summed E-state index contributed by atoms with van der Waals surface area (Å²) >= 11 is 6.34. The van der Waals surface area contributed by atoms with Crippen molar-refractivity contribution in [2.45, 2.75) is 50.7 Å². The largest absolute Gasteiger partial charge is 0.497 e. The van der Waals surface area contributed by atoms with Crippen molar-refractivity contribution in [1.29, 1.82) is 0 Å². The Morgan fingerprint density at radius 2 is 2.10 bits per heavy atom. The molecule has 29 heavy (non-hydrogen) atoms. The van der Waals surface area contributed by atoms with E-state index in [9.17, 15) is 0 Å². The van der Waals surface area contributed by atoms with Gasteiger partial charge in [0.15, 0.2) is 5.96 Å². The van der Waals surface area contributed by atoms with Crippen LogP contribution < -0.4 is 10.1 Å². The third-order valence-electron chi connectivity index (χ3n) is 5.68. The van der Waals surface area contributed by atoms with Gasteiger partial charge in [-0.15, -0.1) is 0 Å². The van der Waals surface area contributed by atoms with E-state index in [4.69, 9.17) is 25.8 Å². The maximum Gasteiger partial charge on any atom is 0.193 e. The first kappa shape index (κ1) is 22.2. The Morgan fingerprint density at radius 3 is 2.76 bits per heavy atom. The summed E-state index contributed by atoms with van der Waals surface area (Å²) in [6.07, 6.45) is 7.09. The van der Waals surface area contributed by atoms with Crippen LogP contribution >= 0.6 is 11.6 Å². The average Bonchev–Trinajstić information content (AvgIpc) is 2.77. The van der Waals surface area contributed by atoms with Gasteiger partial charge in [0, 0.05) is 38.3 Å². The summed E-state index contributed by atoms with van der Waals surface area (Å²) < 4.78 is 17.1. The van der Waals surface area contributed by atoms with Gasteiger partial charge < -0.3 is 24.4 Å². The zero-order valence-corrected chi connectivity index (χ0v) is 18.4. The number of halogens is 1. The van der Waals surface area contributed by atoms with E-state index in [1.54, 1.807) is 7.11 Å². The monoisotopic (exact) mass is 423 g/mol. The van der Waals surface area contributed by atoms with Gasteiger partial charge in [-0.25, -0.2) is 0 Å². The van der Waals surface area contributed by atoms with Gasteiger partial charge in [-0.3, -0.25) is 4.99 Å². The van der Waals surface area contributed by atoms with Crippen molar-refractivity contribution in [2.24, 2.45) is 4.99 Å². The Bertz CT molecular complexity index is 657. The van der Waals surface area contributed by atoms with E-state index in [1.807, 2.05) is 25.2 Å². The first-order valence-corrected chi connectivity index (χ1v) is 11.1. The predicted molar refractivity (Wildman–Crippen MR) is 117 cm³/mol. The number of guanidine groups is 1. The van der Waals surface area contributed by atoms with Crippen LogP contribution in [-0.4, -0.2) is 70.1 Å². The molecule has 2 aliphatic heterocycles. The molecule has 1 unspecified atom stereocenters. The van der Waals surface area contributed by atoms with Crippen LogP contribution in [0.25, 0.3) is 0 Å². The van der Waals surface area contributed by atoms with Crippen LogP contribution in [0.3, 0.4) is 0 Å². The number of rotatable bonds is 7. The molecule has 2 saturated heterocycles. The molecule has 0 spiro atoms. The van der Waals surface area contributed by atoms with Crippen molar-refractivity contribution >= 4 is 17.6 Å². The molecule has 2 heterocycles. The lowest BCUT2D eigenvalue weighted by atomic mass is 10.1. The van der Waals surface area contributed by atoms with Crippen molar-refractivity contribution in [3.63, 3.8) is 0 Å². The van der Waals surface area contributed by atoms with E-state index in [2.05, 4.69) is 15.2 Å². The van der Waals surface area contributed by atoms with Crippen LogP contribution in [0.15, 0.2) is 23.2 Å². The second-order valence-electron chi connectivity index (χ2n) is 7.69. The van der Waals surface area contributed by atoms with Crippen LogP contribution in [0, 0.1) is 0 Å². The summed E-state index contributed by atoms with van der Waals surface area (Å²) in [4.78, 5) is 6.77. The third kappa shape index (κ3) is 6.76. The summed E-state index contributed by atoms with van der Waals surface area (Å²) in [5, 5.41) is 4.20. The van der Waals surface area contributed by atoms with E-state index in [0.717, 1.165) is 80.8 Å². The second-order valence-corrected chi connectivity index (χ2v) is 8.10. The lowest BCUT2D eigenvalue weighted by molar-refractivity contribution is -0.0721. The Hall–Kier alpha value is -1.50. The molecule has 0 amide bonds. The second kappa shape index (κ2) is 11.6. The zero-order valence-electron chi connectivity index (χ0n) is 17.7. The summed E-state index contributed by atoms with van der Waals surface area (Å²) in [5.74, 6) is 1.73. The van der Waals surface area contributed by atoms with Crippen LogP contribution in [0.2, 0.25) is 5.02 Å². The zero-order chi connectivity index (χ0) is 20.5. The fourth-order valence-electron chi connectivity index (χ4n) is 3.92. The lowest BCUT2D eigenvalue weighted by Crippen LogP contribution is -2.47. The van der Waals surface area contributed by atoms with Gasteiger partial charge in [-0.05, 0) is 56.2 Å². The van der Waals surface area contributed by atoms with Crippen molar-refractivity contribution in [3.8, 4) is 5.75 Å². The Morgan fingerprint density at radius 1 is 1.28 bits per heavy atom. The van der Waals surface area contributed by atoms with Crippen molar-refractivity contribution in [1.82, 2.24) is 10.2 Å². The van der Waals surface area contributed by atoms with Crippen molar-refractivity contribution in [3.05, 3.63) is 28.8 Å². The number of nitrogens with zero attached hydrogens (tertiary/aromatic N) is 2. The van der Waals surface area contributed by atoms with Gasteiger partial charge in [0.1, 0.15) is 5.75 Å². The molecule has 0 aromatic heterocycles. The van der Waals surface area contributed by atoms with Gasteiger partial charge in [-0.2, -0.15) is 0 Å². The number of nitrogens with one attached hydrogen (secondary N) is 1. The van der Waals surface area contributed by atoms with Gasteiger partial charge in [0.25, 0.3) is 0 Å². The summed E-state index contributed by atoms with van der Waals surface area (Å²) in [7, 11) is 3.49. The van der Waals surface area contributed by atoms with E-state index < -0.39 is 0 Å². The molecule has 1 aromatic carbocycles. The molecular formula is C22H34ClN3O3. The quantitative estimate of drug-likeness (QED) is 0.537. The Labute approximate surface area is 179 Å². The van der Waals surface area contributed by atoms with E-state index in [0.29, 0.717) is 12.2 Å². The molecule has 1 aromatic rings. The minimum Gasteiger partial charge on any atom is -0.497 e. The minimum absolute atomic E-state index is 0.293. The van der Waals surface area contributed by atoms with Crippen LogP contribution in [-0.2, 0) is 15.9 Å². The summed E-state index contributed by atoms with van der Waals surface area (Å²) in [5.41, 5.74) is 1.10. The predicted octanol–water partition coefficient (Wildman–Crippen LogP) is 3.52. The van der Waals surface area contributed by atoms with E-state index in [1.165, 1.54) is 12.8 Å². The fourth-order valence-corrected chi connectivity index (χ4v) is 4.18. The molecule has 2 aliphatic rings. The first-order valence-electron chi connectivity index (χ1n) is 10.7. The molecule has 7 heteroatoms. The highest BCUT2D eigenvalue weighted by Crippen LogP contribution is 2.22. The van der Waals surface area contributed by atoms with Gasteiger partial charge in [-0.1, -0.05) is 17.7 Å². The Kier molecular flexibility index (Phi) is 8.90. The summed E-state index contributed by atoms with van der Waals surface area (Å²) in [6, 6.07) is 5.82. The van der Waals surface area contributed by atoms with Crippen LogP contribution in [0.4, 0.5) is 0 Å². The van der Waals surface area contributed by atoms with Crippen LogP contribution in [0.1, 0.15) is 37.7 Å². The maximum atomic E-state index is 6.34. The number of likely N-dealkylation sites (tertiary alicyclic amines) is 1. The molecule has 1 atom stereocenters. The molecule has 162 valence electrons. The number of ether oxygens (including phenoxy) is 3. The van der Waals surface area contributed by atoms with Crippen LogP contribution in [0.5, 0.6) is 5.75 Å². The number of hydrogen-bond acceptors (Lipinski definition) is 4. The molecule has 2 fully saturated rings. The molecule has 0 aliphatic carbocycles. The number of hydrogen-bond donors (Lipinski definition) is 1. The average molecular weight is 424 g/mol. The SMILES string of the molecule is CN=C(NCCc1ccc(OC)cc1Cl)N1CCC(OCC2CCCCO2)CC1. The normalized spacial score (nSPS) is 21.3. The topological polar surface area (TPSA) is 55.3 Å². The highest BCUT2D eigenvalue weighted by atomic mass is 35.5. The van der Waals surface area contributed by atoms with E-state index in [-0.39, 0.29) is 0 Å². The molecular weight excluding hydrogens is 390 g/mol. The van der Waals surface area contributed by atoms with Crippen molar-refractivity contribution in [2.75, 3.05) is 47.0 Å². The number of aliphatic imine (C=N–C) groups is 1. The highest BCUT2D eigenvalue weighted by Gasteiger charge is 2.23. The lowest BCUT2D eigenvalue weighted by Gasteiger charge is -2.35. The van der Waals surface area contributed by atoms with Gasteiger partial charge in [0.2, 0.25) is 0 Å². The minimum atomic E-state index is 0.293. The number of piperidine rings is 1. The molecule has 0 radical (unpaired) electrons. The Balaban J connectivity index is 1.37. The van der Waals surface area contributed by atoms with Crippen molar-refractivity contribution < 1.29 is 14.2 Å². The van der Waals surface area contributed by atoms with Gasteiger partial charge >= 0.3 is 0 Å². The molecule has 0 saturated carbocycles. The van der Waals surface area contributed by atoms with Gasteiger partial charge in [0.05, 0.1) is 25.9 Å². The first-order chi connectivity index (χ1) is 14.2. The maximum absolute atomic E-state index is 6.34.